The number of hydrogen-bond acceptors (Lipinski definition) is 5. The molecule has 1 amide bonds. The summed E-state index contributed by atoms with van der Waals surface area (Å²) in [5, 5.41) is 3.32. The van der Waals surface area contributed by atoms with Gasteiger partial charge in [0.25, 0.3) is 15.9 Å². The van der Waals surface area contributed by atoms with Crippen molar-refractivity contribution in [3.05, 3.63) is 119 Å². The second-order valence-electron chi connectivity index (χ2n) is 9.16. The molecule has 4 aromatic carbocycles. The van der Waals surface area contributed by atoms with Crippen LogP contribution in [0.2, 0.25) is 5.02 Å². The molecule has 9 heteroatoms. The van der Waals surface area contributed by atoms with Gasteiger partial charge in [-0.1, -0.05) is 60.1 Å². The molecular formula is C30H27ClN2O5S. The number of hydrogen-bond donors (Lipinski definition) is 1. The molecule has 200 valence electrons. The van der Waals surface area contributed by atoms with Crippen molar-refractivity contribution < 1.29 is 22.7 Å². The number of nitrogens with one attached hydrogen (secondary N) is 1. The molecule has 0 aliphatic carbocycles. The van der Waals surface area contributed by atoms with Gasteiger partial charge >= 0.3 is 0 Å². The Morgan fingerprint density at radius 2 is 1.64 bits per heavy atom. The number of carbonyl (C=O) groups is 1. The molecule has 0 saturated carbocycles. The van der Waals surface area contributed by atoms with Gasteiger partial charge in [-0.15, -0.1) is 0 Å². The lowest BCUT2D eigenvalue weighted by atomic mass is 10.1. The fourth-order valence-electron chi connectivity index (χ4n) is 4.27. The van der Waals surface area contributed by atoms with Gasteiger partial charge in [-0.05, 0) is 66.6 Å². The van der Waals surface area contributed by atoms with Crippen LogP contribution in [0.25, 0.3) is 0 Å². The second-order valence-corrected chi connectivity index (χ2v) is 11.5. The van der Waals surface area contributed by atoms with Crippen molar-refractivity contribution in [3.8, 4) is 11.5 Å². The molecule has 39 heavy (non-hydrogen) atoms. The van der Waals surface area contributed by atoms with Gasteiger partial charge in [0, 0.05) is 10.6 Å². The first-order valence-corrected chi connectivity index (χ1v) is 14.2. The SMILES string of the molecule is Cc1ccc(Cl)cc1N(Cc1ccc(C(=O)NC[C@H]2COc3ccccc3O2)cc1)S(=O)(=O)c1ccccc1. The zero-order valence-corrected chi connectivity index (χ0v) is 22.8. The van der Waals surface area contributed by atoms with Gasteiger partial charge in [-0.3, -0.25) is 9.10 Å². The monoisotopic (exact) mass is 562 g/mol. The van der Waals surface area contributed by atoms with Crippen molar-refractivity contribution in [3.63, 3.8) is 0 Å². The van der Waals surface area contributed by atoms with Crippen molar-refractivity contribution in [2.45, 2.75) is 24.5 Å². The van der Waals surface area contributed by atoms with Crippen LogP contribution in [0.3, 0.4) is 0 Å². The molecule has 0 spiro atoms. The summed E-state index contributed by atoms with van der Waals surface area (Å²) in [6.45, 7) is 2.52. The van der Waals surface area contributed by atoms with Crippen molar-refractivity contribution in [2.24, 2.45) is 0 Å². The Balaban J connectivity index is 1.31. The van der Waals surface area contributed by atoms with E-state index in [9.17, 15) is 13.2 Å². The average molecular weight is 563 g/mol. The number of para-hydroxylation sites is 2. The summed E-state index contributed by atoms with van der Waals surface area (Å²) in [6, 6.07) is 27.7. The molecule has 0 unspecified atom stereocenters. The molecule has 0 aromatic heterocycles. The summed E-state index contributed by atoms with van der Waals surface area (Å²) in [5.74, 6) is 1.08. The second kappa shape index (κ2) is 11.4. The molecule has 7 nitrogen and oxygen atoms in total. The summed E-state index contributed by atoms with van der Waals surface area (Å²) in [5.41, 5.74) is 2.43. The lowest BCUT2D eigenvalue weighted by Crippen LogP contribution is -2.40. The Morgan fingerprint density at radius 1 is 0.949 bits per heavy atom. The van der Waals surface area contributed by atoms with Crippen LogP contribution in [0, 0.1) is 6.92 Å². The molecule has 1 aliphatic heterocycles. The fourth-order valence-corrected chi connectivity index (χ4v) is 5.97. The van der Waals surface area contributed by atoms with Crippen LogP contribution >= 0.6 is 11.6 Å². The van der Waals surface area contributed by atoms with Gasteiger partial charge < -0.3 is 14.8 Å². The van der Waals surface area contributed by atoms with E-state index in [4.69, 9.17) is 21.1 Å². The highest BCUT2D eigenvalue weighted by molar-refractivity contribution is 7.92. The Morgan fingerprint density at radius 3 is 2.38 bits per heavy atom. The molecule has 0 bridgehead atoms. The van der Waals surface area contributed by atoms with Crippen LogP contribution in [0.15, 0.2) is 102 Å². The highest BCUT2D eigenvalue weighted by Crippen LogP contribution is 2.32. The average Bonchev–Trinajstić information content (AvgIpc) is 2.96. The number of amides is 1. The molecular weight excluding hydrogens is 536 g/mol. The highest BCUT2D eigenvalue weighted by atomic mass is 35.5. The van der Waals surface area contributed by atoms with Gasteiger partial charge in [-0.2, -0.15) is 0 Å². The smallest absolute Gasteiger partial charge is 0.264 e. The molecule has 0 fully saturated rings. The number of carbonyl (C=O) groups excluding carboxylic acids is 1. The summed E-state index contributed by atoms with van der Waals surface area (Å²) in [6.07, 6.45) is -0.305. The largest absolute Gasteiger partial charge is 0.486 e. The van der Waals surface area contributed by atoms with E-state index in [0.717, 1.165) is 5.56 Å². The standard InChI is InChI=1S/C30H27ClN2O5S/c1-21-11-16-24(31)17-27(21)33(39(35,36)26-7-3-2-4-8-26)19-22-12-14-23(15-13-22)30(34)32-18-25-20-37-28-9-5-6-10-29(28)38-25/h2-17,25H,18-20H2,1H3,(H,32,34)/t25-/m0/s1. The van der Waals surface area contributed by atoms with Crippen LogP contribution in [0.4, 0.5) is 5.69 Å². The number of benzene rings is 4. The van der Waals surface area contributed by atoms with Crippen molar-refractivity contribution in [1.29, 1.82) is 0 Å². The third kappa shape index (κ3) is 6.02. The summed E-state index contributed by atoms with van der Waals surface area (Å²) in [4.78, 5) is 13.0. The molecule has 4 aromatic rings. The van der Waals surface area contributed by atoms with E-state index < -0.39 is 10.0 Å². The Bertz CT molecular complexity index is 1580. The minimum atomic E-state index is -3.89. The number of sulfonamides is 1. The van der Waals surface area contributed by atoms with Gasteiger partial charge in [0.1, 0.15) is 12.7 Å². The topological polar surface area (TPSA) is 84.9 Å². The van der Waals surface area contributed by atoms with E-state index in [-0.39, 0.29) is 30.0 Å². The van der Waals surface area contributed by atoms with E-state index in [1.165, 1.54) is 4.31 Å². The van der Waals surface area contributed by atoms with E-state index in [2.05, 4.69) is 5.32 Å². The van der Waals surface area contributed by atoms with Gasteiger partial charge in [0.2, 0.25) is 0 Å². The Kier molecular flexibility index (Phi) is 7.77. The zero-order chi connectivity index (χ0) is 27.4. The van der Waals surface area contributed by atoms with Crippen molar-refractivity contribution in [2.75, 3.05) is 17.5 Å². The van der Waals surface area contributed by atoms with Crippen LogP contribution in [0.5, 0.6) is 11.5 Å². The van der Waals surface area contributed by atoms with Crippen LogP contribution in [-0.2, 0) is 16.6 Å². The number of rotatable bonds is 8. The van der Waals surface area contributed by atoms with E-state index in [0.29, 0.717) is 39.9 Å². The lowest BCUT2D eigenvalue weighted by Gasteiger charge is -2.27. The van der Waals surface area contributed by atoms with Crippen LogP contribution in [-0.4, -0.2) is 33.6 Å². The summed E-state index contributed by atoms with van der Waals surface area (Å²) >= 11 is 6.24. The maximum absolute atomic E-state index is 13.7. The zero-order valence-electron chi connectivity index (χ0n) is 21.2. The molecule has 1 heterocycles. The highest BCUT2D eigenvalue weighted by Gasteiger charge is 2.27. The molecule has 1 aliphatic rings. The molecule has 0 saturated heterocycles. The minimum absolute atomic E-state index is 0.0625. The van der Waals surface area contributed by atoms with E-state index >= 15 is 0 Å². The third-order valence-electron chi connectivity index (χ3n) is 6.37. The fraction of sp³-hybridized carbons (Fsp3) is 0.167. The maximum Gasteiger partial charge on any atom is 0.264 e. The number of halogens is 1. The minimum Gasteiger partial charge on any atom is -0.486 e. The lowest BCUT2D eigenvalue weighted by molar-refractivity contribution is 0.0789. The van der Waals surface area contributed by atoms with Gasteiger partial charge in [0.05, 0.1) is 23.7 Å². The Hall–Kier alpha value is -4.01. The normalized spacial score (nSPS) is 14.5. The summed E-state index contributed by atoms with van der Waals surface area (Å²) in [7, 11) is -3.89. The number of fused-ring (bicyclic) bond motifs is 1. The predicted molar refractivity (Wildman–Crippen MR) is 151 cm³/mol. The Labute approximate surface area is 233 Å². The molecule has 0 radical (unpaired) electrons. The third-order valence-corrected chi connectivity index (χ3v) is 8.38. The first kappa shape index (κ1) is 26.6. The molecule has 1 atom stereocenters. The summed E-state index contributed by atoms with van der Waals surface area (Å²) < 4.78 is 40.3. The van der Waals surface area contributed by atoms with Gasteiger partial charge in [0.15, 0.2) is 11.5 Å². The first-order valence-electron chi connectivity index (χ1n) is 12.4. The quantitative estimate of drug-likeness (QED) is 0.301. The predicted octanol–water partition coefficient (Wildman–Crippen LogP) is 5.61. The van der Waals surface area contributed by atoms with Crippen LogP contribution in [0.1, 0.15) is 21.5 Å². The number of nitrogens with zero attached hydrogens (tertiary/aromatic N) is 1. The van der Waals surface area contributed by atoms with E-state index in [1.807, 2.05) is 31.2 Å². The molecule has 1 N–H and O–H groups in total. The van der Waals surface area contributed by atoms with Crippen LogP contribution < -0.4 is 19.1 Å². The number of anilines is 1. The maximum atomic E-state index is 13.7. The number of aryl methyl sites for hydroxylation is 1. The van der Waals surface area contributed by atoms with Gasteiger partial charge in [-0.25, -0.2) is 8.42 Å². The molecule has 5 rings (SSSR count). The first-order chi connectivity index (χ1) is 18.8. The van der Waals surface area contributed by atoms with Crippen molar-refractivity contribution in [1.82, 2.24) is 5.32 Å². The van der Waals surface area contributed by atoms with Crippen molar-refractivity contribution >= 4 is 33.2 Å². The number of ether oxygens (including phenoxy) is 2. The van der Waals surface area contributed by atoms with E-state index in [1.54, 1.807) is 72.8 Å².